The van der Waals surface area contributed by atoms with Gasteiger partial charge in [-0.3, -0.25) is 0 Å². The largest absolute Gasteiger partial charge is 0.311 e. The fourth-order valence-electron chi connectivity index (χ4n) is 12.6. The molecule has 348 valence electrons. The van der Waals surface area contributed by atoms with Crippen molar-refractivity contribution >= 4 is 121 Å². The van der Waals surface area contributed by atoms with Crippen molar-refractivity contribution in [1.29, 1.82) is 0 Å². The lowest BCUT2D eigenvalue weighted by Gasteiger charge is -2.45. The van der Waals surface area contributed by atoms with Crippen molar-refractivity contribution in [2.24, 2.45) is 0 Å². The minimum atomic E-state index is -0.191. The highest BCUT2D eigenvalue weighted by atomic mass is 32.1. The molecule has 3 heterocycles. The molecule has 13 aromatic rings. The van der Waals surface area contributed by atoms with E-state index in [1.165, 1.54) is 136 Å². The van der Waals surface area contributed by atoms with E-state index < -0.39 is 0 Å². The Hall–Kier alpha value is -8.70. The molecular formula is C70H49BN2S. The van der Waals surface area contributed by atoms with Gasteiger partial charge in [-0.15, -0.1) is 11.3 Å². The van der Waals surface area contributed by atoms with Crippen molar-refractivity contribution in [3.8, 4) is 33.4 Å². The van der Waals surface area contributed by atoms with Crippen LogP contribution in [0, 0.1) is 0 Å². The van der Waals surface area contributed by atoms with Crippen LogP contribution in [-0.4, -0.2) is 6.71 Å². The first-order valence-corrected chi connectivity index (χ1v) is 26.7. The third kappa shape index (κ3) is 6.44. The van der Waals surface area contributed by atoms with Crippen molar-refractivity contribution < 1.29 is 0 Å². The smallest absolute Gasteiger partial charge is 0.264 e. The number of para-hydroxylation sites is 2. The van der Waals surface area contributed by atoms with E-state index in [4.69, 9.17) is 0 Å². The van der Waals surface area contributed by atoms with Crippen molar-refractivity contribution in [2.75, 3.05) is 9.80 Å². The monoisotopic (exact) mass is 960 g/mol. The predicted molar refractivity (Wildman–Crippen MR) is 321 cm³/mol. The summed E-state index contributed by atoms with van der Waals surface area (Å²) in [7, 11) is 0. The Labute approximate surface area is 436 Å². The van der Waals surface area contributed by atoms with E-state index in [9.17, 15) is 0 Å². The molecule has 1 aromatic heterocycles. The summed E-state index contributed by atoms with van der Waals surface area (Å²) in [6, 6.07) is 91.2. The average molecular weight is 961 g/mol. The van der Waals surface area contributed by atoms with Gasteiger partial charge in [-0.25, -0.2) is 0 Å². The lowest BCUT2D eigenvalue weighted by Crippen LogP contribution is -2.60. The van der Waals surface area contributed by atoms with Crippen molar-refractivity contribution in [2.45, 2.75) is 26.2 Å². The van der Waals surface area contributed by atoms with E-state index in [2.05, 4.69) is 273 Å². The van der Waals surface area contributed by atoms with E-state index in [-0.39, 0.29) is 12.1 Å². The van der Waals surface area contributed by atoms with Crippen LogP contribution < -0.4 is 25.5 Å². The lowest BCUT2D eigenvalue weighted by atomic mass is 9.36. The highest BCUT2D eigenvalue weighted by molar-refractivity contribution is 7.33. The molecule has 4 heteroatoms. The number of anilines is 6. The normalized spacial score (nSPS) is 13.0. The zero-order valence-corrected chi connectivity index (χ0v) is 42.3. The third-order valence-electron chi connectivity index (χ3n) is 15.9. The molecule has 2 aliphatic rings. The number of thiophene rings is 1. The number of rotatable bonds is 5. The van der Waals surface area contributed by atoms with Crippen LogP contribution in [0.4, 0.5) is 34.1 Å². The summed E-state index contributed by atoms with van der Waals surface area (Å²) in [5.41, 5.74) is 18.3. The summed E-state index contributed by atoms with van der Waals surface area (Å²) in [6.45, 7) is 7.07. The molecule has 0 fully saturated rings. The minimum Gasteiger partial charge on any atom is -0.311 e. The van der Waals surface area contributed by atoms with Crippen LogP contribution in [0.3, 0.4) is 0 Å². The van der Waals surface area contributed by atoms with Gasteiger partial charge in [-0.2, -0.15) is 0 Å². The van der Waals surface area contributed by atoms with Gasteiger partial charge >= 0.3 is 0 Å². The molecule has 0 N–H and O–H groups in total. The van der Waals surface area contributed by atoms with Gasteiger partial charge in [-0.1, -0.05) is 221 Å². The van der Waals surface area contributed by atoms with E-state index in [0.29, 0.717) is 0 Å². The maximum Gasteiger partial charge on any atom is 0.264 e. The number of hydrogen-bond donors (Lipinski definition) is 0. The Kier molecular flexibility index (Phi) is 9.52. The highest BCUT2D eigenvalue weighted by Gasteiger charge is 2.46. The fraction of sp³-hybridized carbons (Fsp3) is 0.0571. The SMILES string of the molecule is CC(C)(C)c1cc2c3c(c1)N(c1ccccc1-c1cccc4ccccc14)c1c(sc4ccccc14)B3c1ccc(-c3c4ccccc4cc4ccccc34)cc1N2c1ccccc1-c1cccc2ccccc12. The van der Waals surface area contributed by atoms with E-state index in [0.717, 1.165) is 5.69 Å². The zero-order valence-electron chi connectivity index (χ0n) is 41.5. The first-order valence-electron chi connectivity index (χ1n) is 25.9. The number of fused-ring (bicyclic) bond motifs is 10. The second-order valence-corrected chi connectivity index (χ2v) is 22.2. The Morgan fingerprint density at radius 2 is 0.838 bits per heavy atom. The van der Waals surface area contributed by atoms with Crippen LogP contribution in [0.5, 0.6) is 0 Å². The van der Waals surface area contributed by atoms with Gasteiger partial charge in [0, 0.05) is 43.1 Å². The molecule has 2 aliphatic heterocycles. The maximum atomic E-state index is 2.66. The number of hydrogen-bond acceptors (Lipinski definition) is 3. The van der Waals surface area contributed by atoms with Gasteiger partial charge in [0.15, 0.2) is 0 Å². The summed E-state index contributed by atoms with van der Waals surface area (Å²) in [5, 5.41) is 11.2. The molecule has 0 unspecified atom stereocenters. The van der Waals surface area contributed by atoms with E-state index in [1.807, 2.05) is 11.3 Å². The summed E-state index contributed by atoms with van der Waals surface area (Å²) in [4.78, 5) is 5.31. The van der Waals surface area contributed by atoms with Gasteiger partial charge in [0.25, 0.3) is 6.71 Å². The Balaban J connectivity index is 1.08. The topological polar surface area (TPSA) is 6.48 Å². The second-order valence-electron chi connectivity index (χ2n) is 21.1. The van der Waals surface area contributed by atoms with Crippen LogP contribution in [0.2, 0.25) is 0 Å². The van der Waals surface area contributed by atoms with Crippen LogP contribution in [0.1, 0.15) is 26.3 Å². The Morgan fingerprint density at radius 3 is 1.45 bits per heavy atom. The molecule has 0 radical (unpaired) electrons. The molecule has 0 saturated carbocycles. The molecule has 0 aliphatic carbocycles. The molecule has 2 nitrogen and oxygen atoms in total. The van der Waals surface area contributed by atoms with E-state index >= 15 is 0 Å². The lowest BCUT2D eigenvalue weighted by molar-refractivity contribution is 0.590. The number of nitrogens with zero attached hydrogens (tertiary/aromatic N) is 2. The van der Waals surface area contributed by atoms with Gasteiger partial charge in [0.1, 0.15) is 0 Å². The first kappa shape index (κ1) is 42.9. The molecule has 0 spiro atoms. The van der Waals surface area contributed by atoms with E-state index in [1.54, 1.807) is 0 Å². The van der Waals surface area contributed by atoms with Crippen molar-refractivity contribution in [3.63, 3.8) is 0 Å². The second kappa shape index (κ2) is 16.4. The standard InChI is InChI=1S/C70H49BN2S/c1-70(2,3)49-42-63-67-64(43-49)73(61-36-16-13-31-57(61)55-34-19-25-45-21-5-9-27-51(45)55)68-58-32-14-17-37-65(58)74-69(68)71(67)59-39-38-48(66-52-28-10-6-22-46(52)40-47-23-7-11-29-53(47)66)41-62(59)72(63)60-35-15-12-30-56(60)54-33-18-24-44-20-4-8-26-50(44)54/h4-43H,1-3H3. The molecule has 0 atom stereocenters. The zero-order chi connectivity index (χ0) is 49.2. The molecule has 0 saturated heterocycles. The average Bonchev–Trinajstić information content (AvgIpc) is 3.84. The van der Waals surface area contributed by atoms with Gasteiger partial charge in [0.05, 0.1) is 17.1 Å². The van der Waals surface area contributed by atoms with Crippen LogP contribution in [-0.2, 0) is 5.41 Å². The predicted octanol–water partition coefficient (Wildman–Crippen LogP) is 17.9. The molecule has 15 rings (SSSR count). The Morgan fingerprint density at radius 1 is 0.365 bits per heavy atom. The molecule has 12 aromatic carbocycles. The first-order chi connectivity index (χ1) is 36.4. The van der Waals surface area contributed by atoms with Gasteiger partial charge in [0.2, 0.25) is 0 Å². The summed E-state index contributed by atoms with van der Waals surface area (Å²) >= 11 is 1.96. The molecule has 74 heavy (non-hydrogen) atoms. The fourth-order valence-corrected chi connectivity index (χ4v) is 13.9. The van der Waals surface area contributed by atoms with Gasteiger partial charge < -0.3 is 9.80 Å². The van der Waals surface area contributed by atoms with Crippen molar-refractivity contribution in [3.05, 3.63) is 248 Å². The summed E-state index contributed by atoms with van der Waals surface area (Å²) in [5.74, 6) is 0. The van der Waals surface area contributed by atoms with Crippen LogP contribution >= 0.6 is 11.3 Å². The molecule has 0 bridgehead atoms. The molecular weight excluding hydrogens is 912 g/mol. The third-order valence-corrected chi connectivity index (χ3v) is 17.2. The van der Waals surface area contributed by atoms with Crippen LogP contribution in [0.25, 0.3) is 86.6 Å². The Bertz CT molecular complexity index is 4400. The van der Waals surface area contributed by atoms with Gasteiger partial charge in [-0.05, 0) is 130 Å². The summed E-state index contributed by atoms with van der Waals surface area (Å²) in [6.07, 6.45) is 0. The summed E-state index contributed by atoms with van der Waals surface area (Å²) < 4.78 is 2.66. The number of benzene rings is 12. The minimum absolute atomic E-state index is 0.0448. The van der Waals surface area contributed by atoms with Crippen molar-refractivity contribution in [1.82, 2.24) is 0 Å². The highest BCUT2D eigenvalue weighted by Crippen LogP contribution is 2.53. The van der Waals surface area contributed by atoms with Crippen LogP contribution in [0.15, 0.2) is 243 Å². The quantitative estimate of drug-likeness (QED) is 0.125. The maximum absolute atomic E-state index is 2.66. The molecule has 0 amide bonds.